The van der Waals surface area contributed by atoms with Gasteiger partial charge in [0.15, 0.2) is 6.54 Å². The van der Waals surface area contributed by atoms with Crippen molar-refractivity contribution >= 4 is 93.2 Å². The SMILES string of the molecule is CCN(CC)CC.CCN1/C(=C\C=C\c2sc3ccc4ccccc4c3[n+]2CCCS(=O)(=O)O)N(CCC(C)S(=O)(=O)[O-])c2cc(Cl)c(Cl)cc21. The molecule has 0 spiro atoms. The van der Waals surface area contributed by atoms with E-state index in [0.717, 1.165) is 43.2 Å². The topological polar surface area (TPSA) is 125 Å². The van der Waals surface area contributed by atoms with Crippen molar-refractivity contribution in [1.29, 1.82) is 0 Å². The molecule has 1 aliphatic rings. The molecule has 1 unspecified atom stereocenters. The van der Waals surface area contributed by atoms with Crippen molar-refractivity contribution in [2.75, 3.05) is 48.3 Å². The van der Waals surface area contributed by atoms with Crippen LogP contribution in [0.25, 0.3) is 27.1 Å². The van der Waals surface area contributed by atoms with E-state index in [1.807, 2.05) is 65.3 Å². The summed E-state index contributed by atoms with van der Waals surface area (Å²) < 4.78 is 70.3. The van der Waals surface area contributed by atoms with Crippen LogP contribution in [0.4, 0.5) is 11.4 Å². The summed E-state index contributed by atoms with van der Waals surface area (Å²) in [5.41, 5.74) is 2.55. The smallest absolute Gasteiger partial charge is 0.265 e. The van der Waals surface area contributed by atoms with E-state index in [1.54, 1.807) is 23.5 Å². The summed E-state index contributed by atoms with van der Waals surface area (Å²) in [6, 6.07) is 15.6. The van der Waals surface area contributed by atoms with Crippen molar-refractivity contribution in [3.63, 3.8) is 0 Å². The molecule has 15 heteroatoms. The van der Waals surface area contributed by atoms with E-state index in [1.165, 1.54) is 26.6 Å². The first-order valence-corrected chi connectivity index (χ1v) is 21.7. The fourth-order valence-electron chi connectivity index (χ4n) is 6.07. The van der Waals surface area contributed by atoms with Crippen LogP contribution >= 0.6 is 34.5 Å². The van der Waals surface area contributed by atoms with Crippen molar-refractivity contribution < 1.29 is 30.5 Å². The Bertz CT molecular complexity index is 2110. The number of halogens is 2. The molecule has 10 nitrogen and oxygen atoms in total. The van der Waals surface area contributed by atoms with Gasteiger partial charge in [-0.1, -0.05) is 85.7 Å². The fourth-order valence-corrected chi connectivity index (χ4v) is 8.39. The van der Waals surface area contributed by atoms with Crippen LogP contribution in [-0.4, -0.2) is 74.6 Å². The van der Waals surface area contributed by atoms with Crippen LogP contribution in [0.1, 0.15) is 52.5 Å². The molecule has 5 rings (SSSR count). The van der Waals surface area contributed by atoms with Gasteiger partial charge in [0, 0.05) is 30.8 Å². The standard InChI is InChI=1S/C30H31Cl2N3O6S3.C6H15N/c1-3-33-25-18-23(31)24(32)19-26(25)34(16-14-20(2)44(39,40)41)28(33)10-6-11-29-35(15-7-17-43(36,37)38)30-22-9-5-4-8-21(22)12-13-27(30)42-29;1-4-7(5-2)6-3/h4-6,8-13,18-20H,3,7,14-17H2,1-2H3,(H-,36,37,38,39,40,41);4-6H2,1-3H3. The number of hydrogen-bond donors (Lipinski definition) is 1. The maximum absolute atomic E-state index is 11.6. The quantitative estimate of drug-likeness (QED) is 0.101. The molecular formula is C36H46Cl2N4O6S3. The molecule has 51 heavy (non-hydrogen) atoms. The highest BCUT2D eigenvalue weighted by atomic mass is 35.5. The molecule has 0 bridgehead atoms. The van der Waals surface area contributed by atoms with Crippen molar-refractivity contribution in [2.24, 2.45) is 0 Å². The molecule has 1 aromatic heterocycles. The largest absolute Gasteiger partial charge is 0.748 e. The predicted molar refractivity (Wildman–Crippen MR) is 212 cm³/mol. The Balaban J connectivity index is 0.000000755. The minimum atomic E-state index is -4.45. The minimum absolute atomic E-state index is 0.112. The molecule has 278 valence electrons. The van der Waals surface area contributed by atoms with Crippen molar-refractivity contribution in [1.82, 2.24) is 4.90 Å². The van der Waals surface area contributed by atoms with Gasteiger partial charge in [-0.25, -0.2) is 8.42 Å². The highest BCUT2D eigenvalue weighted by molar-refractivity contribution is 7.86. The molecule has 4 aromatic rings. The van der Waals surface area contributed by atoms with E-state index in [-0.39, 0.29) is 25.1 Å². The van der Waals surface area contributed by atoms with Gasteiger partial charge < -0.3 is 19.3 Å². The Morgan fingerprint density at radius 3 is 2.16 bits per heavy atom. The fraction of sp³-hybridized carbons (Fsp3) is 0.417. The van der Waals surface area contributed by atoms with Crippen molar-refractivity contribution in [2.45, 2.75) is 59.3 Å². The summed E-state index contributed by atoms with van der Waals surface area (Å²) in [5, 5.41) is 2.65. The lowest BCUT2D eigenvalue weighted by molar-refractivity contribution is -0.667. The van der Waals surface area contributed by atoms with Crippen LogP contribution in [0.15, 0.2) is 66.5 Å². The zero-order valence-corrected chi connectivity index (χ0v) is 33.5. The number of aromatic nitrogens is 1. The number of benzene rings is 3. The number of nitrogens with zero attached hydrogens (tertiary/aromatic N) is 4. The molecule has 1 atom stereocenters. The molecule has 0 fully saturated rings. The van der Waals surface area contributed by atoms with Crippen LogP contribution in [0, 0.1) is 0 Å². The average molecular weight is 798 g/mol. The second-order valence-electron chi connectivity index (χ2n) is 12.1. The van der Waals surface area contributed by atoms with Gasteiger partial charge in [0.25, 0.3) is 15.1 Å². The normalized spacial score (nSPS) is 15.0. The van der Waals surface area contributed by atoms with Gasteiger partial charge in [-0.2, -0.15) is 13.0 Å². The molecular weight excluding hydrogens is 752 g/mol. The van der Waals surface area contributed by atoms with Gasteiger partial charge in [-0.3, -0.25) is 4.55 Å². The third-order valence-corrected chi connectivity index (χ3v) is 12.8. The summed E-state index contributed by atoms with van der Waals surface area (Å²) in [6.07, 6.45) is 6.09. The van der Waals surface area contributed by atoms with Crippen LogP contribution < -0.4 is 14.4 Å². The second-order valence-corrected chi connectivity index (χ2v) is 17.4. The van der Waals surface area contributed by atoms with Gasteiger partial charge in [-0.05, 0) is 75.6 Å². The summed E-state index contributed by atoms with van der Waals surface area (Å²) in [7, 11) is -8.56. The van der Waals surface area contributed by atoms with Crippen LogP contribution in [0.2, 0.25) is 10.0 Å². The van der Waals surface area contributed by atoms with E-state index in [9.17, 15) is 25.9 Å². The monoisotopic (exact) mass is 796 g/mol. The average Bonchev–Trinajstić information content (AvgIpc) is 3.57. The molecule has 0 aliphatic carbocycles. The molecule has 1 aliphatic heterocycles. The maximum Gasteiger partial charge on any atom is 0.265 e. The van der Waals surface area contributed by atoms with Crippen molar-refractivity contribution in [3.05, 3.63) is 81.6 Å². The zero-order chi connectivity index (χ0) is 37.5. The van der Waals surface area contributed by atoms with E-state index in [0.29, 0.717) is 23.1 Å². The Morgan fingerprint density at radius 1 is 0.961 bits per heavy atom. The molecule has 0 radical (unpaired) electrons. The summed E-state index contributed by atoms with van der Waals surface area (Å²) in [4.78, 5) is 6.35. The predicted octanol–water partition coefficient (Wildman–Crippen LogP) is 7.80. The van der Waals surface area contributed by atoms with E-state index in [4.69, 9.17) is 23.2 Å². The van der Waals surface area contributed by atoms with E-state index >= 15 is 0 Å². The summed E-state index contributed by atoms with van der Waals surface area (Å²) in [5.74, 6) is 0.411. The third-order valence-electron chi connectivity index (χ3n) is 8.94. The van der Waals surface area contributed by atoms with Crippen LogP contribution in [-0.2, 0) is 26.8 Å². The maximum atomic E-state index is 11.6. The van der Waals surface area contributed by atoms with Gasteiger partial charge in [-0.15, -0.1) is 0 Å². The summed E-state index contributed by atoms with van der Waals surface area (Å²) >= 11 is 14.3. The van der Waals surface area contributed by atoms with Crippen LogP contribution in [0.5, 0.6) is 0 Å². The van der Waals surface area contributed by atoms with Crippen molar-refractivity contribution in [3.8, 4) is 0 Å². The summed E-state index contributed by atoms with van der Waals surface area (Å²) in [6.45, 7) is 14.7. The Morgan fingerprint density at radius 2 is 1.59 bits per heavy atom. The number of rotatable bonds is 14. The molecule has 2 heterocycles. The van der Waals surface area contributed by atoms with Gasteiger partial charge in [0.05, 0.1) is 42.7 Å². The number of fused-ring (bicyclic) bond motifs is 4. The number of aryl methyl sites for hydroxylation is 1. The van der Waals surface area contributed by atoms with E-state index in [2.05, 4.69) is 36.3 Å². The minimum Gasteiger partial charge on any atom is -0.748 e. The van der Waals surface area contributed by atoms with Gasteiger partial charge in [0.1, 0.15) is 10.5 Å². The lowest BCUT2D eigenvalue weighted by atomic mass is 10.1. The lowest BCUT2D eigenvalue weighted by Crippen LogP contribution is -2.36. The lowest BCUT2D eigenvalue weighted by Gasteiger charge is -2.26. The highest BCUT2D eigenvalue weighted by Gasteiger charge is 2.32. The molecule has 1 N–H and O–H groups in total. The van der Waals surface area contributed by atoms with E-state index < -0.39 is 25.5 Å². The Labute approximate surface area is 316 Å². The second kappa shape index (κ2) is 17.8. The first kappa shape index (κ1) is 41.0. The first-order valence-electron chi connectivity index (χ1n) is 17.0. The number of anilines is 2. The molecule has 0 saturated heterocycles. The number of hydrogen-bond acceptors (Lipinski definition) is 9. The first-order chi connectivity index (χ1) is 24.1. The third kappa shape index (κ3) is 10.2. The molecule has 3 aromatic carbocycles. The Kier molecular flexibility index (Phi) is 14.4. The Hall–Kier alpha value is -2.75. The van der Waals surface area contributed by atoms with Gasteiger partial charge >= 0.3 is 0 Å². The molecule has 0 saturated carbocycles. The highest BCUT2D eigenvalue weighted by Crippen LogP contribution is 2.45. The number of thiazole rings is 1. The van der Waals surface area contributed by atoms with Crippen LogP contribution in [0.3, 0.4) is 0 Å². The molecule has 0 amide bonds. The van der Waals surface area contributed by atoms with Gasteiger partial charge in [0.2, 0.25) is 5.52 Å². The number of allylic oxidation sites excluding steroid dienone is 2. The zero-order valence-electron chi connectivity index (χ0n) is 29.6.